The number of carbonyl (C=O) groups excluding carboxylic acids is 1. The molecule has 22 heavy (non-hydrogen) atoms. The molecule has 0 aliphatic carbocycles. The molecule has 0 spiro atoms. The molecule has 0 unspecified atom stereocenters. The van der Waals surface area contributed by atoms with Crippen LogP contribution in [0.4, 0.5) is 10.5 Å². The summed E-state index contributed by atoms with van der Waals surface area (Å²) in [7, 11) is 1.72. The lowest BCUT2D eigenvalue weighted by Gasteiger charge is -2.17. The van der Waals surface area contributed by atoms with Crippen LogP contribution in [0.25, 0.3) is 0 Å². The van der Waals surface area contributed by atoms with Crippen molar-refractivity contribution in [3.8, 4) is 5.75 Å². The molecule has 0 radical (unpaired) electrons. The largest absolute Gasteiger partial charge is 0.492 e. The van der Waals surface area contributed by atoms with Gasteiger partial charge in [0.25, 0.3) is 0 Å². The molecule has 7 heteroatoms. The highest BCUT2D eigenvalue weighted by Gasteiger charge is 2.12. The molecule has 0 bridgehead atoms. The smallest absolute Gasteiger partial charge is 0.321 e. The molecule has 1 aromatic carbocycles. The van der Waals surface area contributed by atoms with Gasteiger partial charge in [-0.2, -0.15) is 0 Å². The number of aryl methyl sites for hydroxylation is 1. The van der Waals surface area contributed by atoms with Gasteiger partial charge in [0.2, 0.25) is 0 Å². The Bertz CT molecular complexity index is 660. The van der Waals surface area contributed by atoms with E-state index in [9.17, 15) is 4.79 Å². The van der Waals surface area contributed by atoms with Crippen LogP contribution < -0.4 is 10.1 Å². The van der Waals surface area contributed by atoms with Crippen LogP contribution in [0, 0.1) is 6.92 Å². The third-order valence-corrected chi connectivity index (χ3v) is 4.01. The second-order valence-corrected chi connectivity index (χ2v) is 6.19. The first-order valence-electron chi connectivity index (χ1n) is 6.85. The Balaban J connectivity index is 1.97. The van der Waals surface area contributed by atoms with Gasteiger partial charge in [0.05, 0.1) is 28.9 Å². The minimum absolute atomic E-state index is 0.217. The second kappa shape index (κ2) is 7.47. The first kappa shape index (κ1) is 16.6. The van der Waals surface area contributed by atoms with Gasteiger partial charge < -0.3 is 15.0 Å². The summed E-state index contributed by atoms with van der Waals surface area (Å²) in [6.07, 6.45) is 0. The van der Waals surface area contributed by atoms with E-state index in [4.69, 9.17) is 16.3 Å². The fraction of sp³-hybridized carbons (Fsp3) is 0.333. The number of thiazole rings is 1. The normalized spacial score (nSPS) is 10.4. The molecular weight excluding hydrogens is 322 g/mol. The van der Waals surface area contributed by atoms with E-state index in [0.29, 0.717) is 29.6 Å². The number of halogens is 1. The predicted octanol–water partition coefficient (Wildman–Crippen LogP) is 4.17. The summed E-state index contributed by atoms with van der Waals surface area (Å²) >= 11 is 7.67. The Kier molecular flexibility index (Phi) is 5.63. The van der Waals surface area contributed by atoms with Gasteiger partial charge in [-0.3, -0.25) is 0 Å². The van der Waals surface area contributed by atoms with Crippen molar-refractivity contribution in [1.82, 2.24) is 9.88 Å². The monoisotopic (exact) mass is 339 g/mol. The number of hydrogen-bond acceptors (Lipinski definition) is 4. The maximum atomic E-state index is 12.2. The fourth-order valence-corrected chi connectivity index (χ4v) is 2.70. The van der Waals surface area contributed by atoms with Crippen LogP contribution in [-0.2, 0) is 6.54 Å². The van der Waals surface area contributed by atoms with Crippen LogP contribution in [0.5, 0.6) is 5.75 Å². The van der Waals surface area contributed by atoms with E-state index in [0.717, 1.165) is 10.7 Å². The van der Waals surface area contributed by atoms with Gasteiger partial charge in [0, 0.05) is 18.1 Å². The SMILES string of the molecule is CCOc1ccc(NC(=O)N(C)Cc2csc(C)n2)cc1Cl. The number of hydrogen-bond donors (Lipinski definition) is 1. The zero-order valence-corrected chi connectivity index (χ0v) is 14.3. The van der Waals surface area contributed by atoms with E-state index in [1.165, 1.54) is 0 Å². The molecule has 0 atom stereocenters. The van der Waals surface area contributed by atoms with Crippen LogP contribution in [0.3, 0.4) is 0 Å². The summed E-state index contributed by atoms with van der Waals surface area (Å²) in [5, 5.41) is 6.21. The second-order valence-electron chi connectivity index (χ2n) is 4.72. The molecule has 0 fully saturated rings. The summed E-state index contributed by atoms with van der Waals surface area (Å²) < 4.78 is 5.36. The van der Waals surface area contributed by atoms with E-state index in [1.807, 2.05) is 19.2 Å². The Morgan fingerprint density at radius 3 is 2.86 bits per heavy atom. The third-order valence-electron chi connectivity index (χ3n) is 2.90. The zero-order valence-electron chi connectivity index (χ0n) is 12.7. The standard InChI is InChI=1S/C15H18ClN3O2S/c1-4-21-14-6-5-11(7-13(14)16)18-15(20)19(3)8-12-9-22-10(2)17-12/h5-7,9H,4,8H2,1-3H3,(H,18,20). The number of nitrogens with one attached hydrogen (secondary N) is 1. The molecule has 0 saturated carbocycles. The van der Waals surface area contributed by atoms with Crippen LogP contribution >= 0.6 is 22.9 Å². The maximum Gasteiger partial charge on any atom is 0.321 e. The van der Waals surface area contributed by atoms with Crippen LogP contribution in [-0.4, -0.2) is 29.6 Å². The van der Waals surface area contributed by atoms with E-state index < -0.39 is 0 Å². The predicted molar refractivity (Wildman–Crippen MR) is 90.0 cm³/mol. The Labute approximate surface area is 138 Å². The van der Waals surface area contributed by atoms with Gasteiger partial charge in [-0.1, -0.05) is 11.6 Å². The molecule has 118 valence electrons. The number of benzene rings is 1. The van der Waals surface area contributed by atoms with Crippen molar-refractivity contribution in [2.75, 3.05) is 19.0 Å². The summed E-state index contributed by atoms with van der Waals surface area (Å²) in [5.41, 5.74) is 1.50. The molecule has 2 aromatic rings. The minimum Gasteiger partial charge on any atom is -0.492 e. The van der Waals surface area contributed by atoms with Crippen LogP contribution in [0.2, 0.25) is 5.02 Å². The molecule has 1 N–H and O–H groups in total. The number of aromatic nitrogens is 1. The topological polar surface area (TPSA) is 54.5 Å². The maximum absolute atomic E-state index is 12.2. The molecule has 2 rings (SSSR count). The highest BCUT2D eigenvalue weighted by molar-refractivity contribution is 7.09. The number of anilines is 1. The highest BCUT2D eigenvalue weighted by atomic mass is 35.5. The fourth-order valence-electron chi connectivity index (χ4n) is 1.87. The van der Waals surface area contributed by atoms with Crippen molar-refractivity contribution < 1.29 is 9.53 Å². The van der Waals surface area contributed by atoms with Gasteiger partial charge in [-0.15, -0.1) is 11.3 Å². The molecule has 5 nitrogen and oxygen atoms in total. The average Bonchev–Trinajstić information content (AvgIpc) is 2.87. The van der Waals surface area contributed by atoms with Crippen molar-refractivity contribution in [2.45, 2.75) is 20.4 Å². The van der Waals surface area contributed by atoms with Crippen molar-refractivity contribution in [2.24, 2.45) is 0 Å². The summed E-state index contributed by atoms with van der Waals surface area (Å²) in [6.45, 7) is 4.83. The van der Waals surface area contributed by atoms with Gasteiger partial charge in [0.15, 0.2) is 0 Å². The van der Waals surface area contributed by atoms with Crippen LogP contribution in [0.15, 0.2) is 23.6 Å². The molecule has 2 amide bonds. The van der Waals surface area contributed by atoms with Gasteiger partial charge in [-0.05, 0) is 32.0 Å². The van der Waals surface area contributed by atoms with Crippen LogP contribution in [0.1, 0.15) is 17.6 Å². The number of ether oxygens (including phenoxy) is 1. The van der Waals surface area contributed by atoms with E-state index >= 15 is 0 Å². The zero-order chi connectivity index (χ0) is 16.1. The molecule has 0 saturated heterocycles. The Morgan fingerprint density at radius 2 is 2.27 bits per heavy atom. The first-order valence-corrected chi connectivity index (χ1v) is 8.10. The third kappa shape index (κ3) is 4.35. The average molecular weight is 340 g/mol. The number of carbonyl (C=O) groups is 1. The van der Waals surface area contributed by atoms with E-state index in [-0.39, 0.29) is 6.03 Å². The molecule has 1 aromatic heterocycles. The molecule has 0 aliphatic rings. The Morgan fingerprint density at radius 1 is 1.50 bits per heavy atom. The molecule has 0 aliphatic heterocycles. The lowest BCUT2D eigenvalue weighted by molar-refractivity contribution is 0.220. The minimum atomic E-state index is -0.217. The van der Waals surface area contributed by atoms with Gasteiger partial charge >= 0.3 is 6.03 Å². The first-order chi connectivity index (χ1) is 10.5. The van der Waals surface area contributed by atoms with Crippen molar-refractivity contribution in [3.63, 3.8) is 0 Å². The van der Waals surface area contributed by atoms with E-state index in [1.54, 1.807) is 41.5 Å². The Hall–Kier alpha value is -1.79. The van der Waals surface area contributed by atoms with Crippen molar-refractivity contribution >= 4 is 34.7 Å². The number of nitrogens with zero attached hydrogens (tertiary/aromatic N) is 2. The highest BCUT2D eigenvalue weighted by Crippen LogP contribution is 2.27. The molecule has 1 heterocycles. The van der Waals surface area contributed by atoms with Gasteiger partial charge in [0.1, 0.15) is 5.75 Å². The lowest BCUT2D eigenvalue weighted by Crippen LogP contribution is -2.30. The number of amides is 2. The summed E-state index contributed by atoms with van der Waals surface area (Å²) in [4.78, 5) is 18.1. The van der Waals surface area contributed by atoms with E-state index in [2.05, 4.69) is 10.3 Å². The van der Waals surface area contributed by atoms with Crippen molar-refractivity contribution in [1.29, 1.82) is 0 Å². The van der Waals surface area contributed by atoms with Gasteiger partial charge in [-0.25, -0.2) is 9.78 Å². The lowest BCUT2D eigenvalue weighted by atomic mass is 10.3. The number of rotatable bonds is 5. The summed E-state index contributed by atoms with van der Waals surface area (Å²) in [6, 6.07) is 4.96. The number of urea groups is 1. The van der Waals surface area contributed by atoms with Crippen molar-refractivity contribution in [3.05, 3.63) is 39.3 Å². The summed E-state index contributed by atoms with van der Waals surface area (Å²) in [5.74, 6) is 0.605. The molecular formula is C15H18ClN3O2S. The quantitative estimate of drug-likeness (QED) is 0.889.